The van der Waals surface area contributed by atoms with Crippen molar-refractivity contribution >= 4 is 0 Å². The SMILES string of the molecule is C1=COC(c2ccccn2)C1. The van der Waals surface area contributed by atoms with Gasteiger partial charge in [0.25, 0.3) is 0 Å². The Morgan fingerprint density at radius 3 is 3.09 bits per heavy atom. The Kier molecular flexibility index (Phi) is 1.60. The first-order valence-electron chi connectivity index (χ1n) is 3.68. The van der Waals surface area contributed by atoms with E-state index in [0.717, 1.165) is 12.1 Å². The molecule has 56 valence electrons. The molecule has 1 aliphatic heterocycles. The van der Waals surface area contributed by atoms with E-state index in [1.54, 1.807) is 12.5 Å². The summed E-state index contributed by atoms with van der Waals surface area (Å²) in [7, 11) is 0. The molecule has 0 aromatic carbocycles. The van der Waals surface area contributed by atoms with Crippen molar-refractivity contribution in [2.24, 2.45) is 0 Å². The van der Waals surface area contributed by atoms with Crippen molar-refractivity contribution in [1.82, 2.24) is 4.98 Å². The number of pyridine rings is 1. The minimum absolute atomic E-state index is 0.149. The Labute approximate surface area is 65.5 Å². The number of nitrogens with zero attached hydrogens (tertiary/aromatic N) is 1. The van der Waals surface area contributed by atoms with Gasteiger partial charge in [0.2, 0.25) is 0 Å². The number of rotatable bonds is 1. The van der Waals surface area contributed by atoms with Crippen LogP contribution in [0.5, 0.6) is 0 Å². The predicted octanol–water partition coefficient (Wildman–Crippen LogP) is 2.06. The van der Waals surface area contributed by atoms with Gasteiger partial charge in [0.15, 0.2) is 0 Å². The van der Waals surface area contributed by atoms with Gasteiger partial charge < -0.3 is 4.74 Å². The molecule has 0 saturated heterocycles. The monoisotopic (exact) mass is 147 g/mol. The molecule has 2 heteroatoms. The maximum Gasteiger partial charge on any atom is 0.143 e. The van der Waals surface area contributed by atoms with Gasteiger partial charge in [-0.15, -0.1) is 0 Å². The highest BCUT2D eigenvalue weighted by atomic mass is 16.5. The van der Waals surface area contributed by atoms with Crippen molar-refractivity contribution in [3.8, 4) is 0 Å². The van der Waals surface area contributed by atoms with Crippen molar-refractivity contribution in [3.05, 3.63) is 42.4 Å². The van der Waals surface area contributed by atoms with Crippen LogP contribution in [0.1, 0.15) is 18.2 Å². The molecule has 1 aromatic heterocycles. The highest BCUT2D eigenvalue weighted by molar-refractivity contribution is 5.10. The van der Waals surface area contributed by atoms with E-state index in [0.29, 0.717) is 0 Å². The average molecular weight is 147 g/mol. The van der Waals surface area contributed by atoms with E-state index >= 15 is 0 Å². The first-order valence-corrected chi connectivity index (χ1v) is 3.68. The zero-order valence-electron chi connectivity index (χ0n) is 6.10. The molecule has 0 saturated carbocycles. The van der Waals surface area contributed by atoms with E-state index < -0.39 is 0 Å². The van der Waals surface area contributed by atoms with Gasteiger partial charge >= 0.3 is 0 Å². The second-order valence-corrected chi connectivity index (χ2v) is 2.49. The van der Waals surface area contributed by atoms with Gasteiger partial charge in [-0.25, -0.2) is 0 Å². The molecule has 0 fully saturated rings. The third-order valence-electron chi connectivity index (χ3n) is 1.71. The fraction of sp³-hybridized carbons (Fsp3) is 0.222. The number of ether oxygens (including phenoxy) is 1. The lowest BCUT2D eigenvalue weighted by Crippen LogP contribution is -1.97. The highest BCUT2D eigenvalue weighted by Gasteiger charge is 2.13. The van der Waals surface area contributed by atoms with E-state index in [1.807, 2.05) is 24.3 Å². The van der Waals surface area contributed by atoms with Crippen molar-refractivity contribution in [2.75, 3.05) is 0 Å². The molecule has 0 bridgehead atoms. The first-order chi connectivity index (χ1) is 5.47. The van der Waals surface area contributed by atoms with Crippen LogP contribution in [0.25, 0.3) is 0 Å². The molecular formula is C9H9NO. The standard InChI is InChI=1S/C9H9NO/c1-2-6-10-8(4-1)9-5-3-7-11-9/h1-4,6-7,9H,5H2. The summed E-state index contributed by atoms with van der Waals surface area (Å²) in [6.45, 7) is 0. The van der Waals surface area contributed by atoms with E-state index in [4.69, 9.17) is 4.74 Å². The fourth-order valence-corrected chi connectivity index (χ4v) is 1.14. The molecule has 0 spiro atoms. The van der Waals surface area contributed by atoms with Crippen molar-refractivity contribution < 1.29 is 4.74 Å². The molecule has 0 amide bonds. The topological polar surface area (TPSA) is 22.1 Å². The number of hydrogen-bond acceptors (Lipinski definition) is 2. The summed E-state index contributed by atoms with van der Waals surface area (Å²) >= 11 is 0. The molecule has 2 rings (SSSR count). The Bertz CT molecular complexity index is 248. The lowest BCUT2D eigenvalue weighted by atomic mass is 10.2. The molecule has 0 N–H and O–H groups in total. The highest BCUT2D eigenvalue weighted by Crippen LogP contribution is 2.24. The summed E-state index contributed by atoms with van der Waals surface area (Å²) in [5.41, 5.74) is 1.01. The van der Waals surface area contributed by atoms with Gasteiger partial charge in [-0.2, -0.15) is 0 Å². The Balaban J connectivity index is 2.17. The van der Waals surface area contributed by atoms with Gasteiger partial charge in [-0.1, -0.05) is 6.07 Å². The summed E-state index contributed by atoms with van der Waals surface area (Å²) in [4.78, 5) is 4.20. The summed E-state index contributed by atoms with van der Waals surface area (Å²) in [5, 5.41) is 0. The molecule has 0 aliphatic carbocycles. The number of aromatic nitrogens is 1. The average Bonchev–Trinajstić information content (AvgIpc) is 2.58. The van der Waals surface area contributed by atoms with Gasteiger partial charge in [0.1, 0.15) is 6.10 Å². The smallest absolute Gasteiger partial charge is 0.143 e. The largest absolute Gasteiger partial charge is 0.492 e. The summed E-state index contributed by atoms with van der Waals surface area (Å²) in [6, 6.07) is 5.87. The van der Waals surface area contributed by atoms with Crippen LogP contribution in [0.15, 0.2) is 36.7 Å². The molecule has 1 aromatic rings. The Hall–Kier alpha value is -1.31. The van der Waals surface area contributed by atoms with E-state index in [2.05, 4.69) is 4.98 Å². The summed E-state index contributed by atoms with van der Waals surface area (Å²) in [6.07, 6.45) is 6.63. The van der Waals surface area contributed by atoms with Crippen LogP contribution in [-0.4, -0.2) is 4.98 Å². The van der Waals surface area contributed by atoms with Crippen LogP contribution in [0.2, 0.25) is 0 Å². The third kappa shape index (κ3) is 1.24. The zero-order valence-corrected chi connectivity index (χ0v) is 6.10. The molecule has 1 atom stereocenters. The van der Waals surface area contributed by atoms with Crippen LogP contribution in [0.4, 0.5) is 0 Å². The third-order valence-corrected chi connectivity index (χ3v) is 1.71. The fourth-order valence-electron chi connectivity index (χ4n) is 1.14. The van der Waals surface area contributed by atoms with Gasteiger partial charge in [-0.3, -0.25) is 4.98 Å². The minimum Gasteiger partial charge on any atom is -0.492 e. The second-order valence-electron chi connectivity index (χ2n) is 2.49. The van der Waals surface area contributed by atoms with Gasteiger partial charge in [0.05, 0.1) is 12.0 Å². The normalized spacial score (nSPS) is 21.6. The molecule has 1 unspecified atom stereocenters. The molecule has 1 aliphatic rings. The molecule has 0 radical (unpaired) electrons. The molecule has 11 heavy (non-hydrogen) atoms. The zero-order chi connectivity index (χ0) is 7.52. The van der Waals surface area contributed by atoms with E-state index in [-0.39, 0.29) is 6.10 Å². The van der Waals surface area contributed by atoms with Crippen LogP contribution in [0.3, 0.4) is 0 Å². The van der Waals surface area contributed by atoms with E-state index in [1.165, 1.54) is 0 Å². The maximum atomic E-state index is 5.30. The van der Waals surface area contributed by atoms with Crippen molar-refractivity contribution in [2.45, 2.75) is 12.5 Å². The van der Waals surface area contributed by atoms with Gasteiger partial charge in [-0.05, 0) is 18.2 Å². The van der Waals surface area contributed by atoms with Crippen LogP contribution in [0, 0.1) is 0 Å². The van der Waals surface area contributed by atoms with Crippen molar-refractivity contribution in [3.63, 3.8) is 0 Å². The van der Waals surface area contributed by atoms with Crippen molar-refractivity contribution in [1.29, 1.82) is 0 Å². The predicted molar refractivity (Wildman–Crippen MR) is 41.8 cm³/mol. The quantitative estimate of drug-likeness (QED) is 0.606. The lowest BCUT2D eigenvalue weighted by molar-refractivity contribution is 0.169. The minimum atomic E-state index is 0.149. The molecule has 2 heterocycles. The summed E-state index contributed by atoms with van der Waals surface area (Å²) in [5.74, 6) is 0. The number of hydrogen-bond donors (Lipinski definition) is 0. The van der Waals surface area contributed by atoms with Crippen LogP contribution < -0.4 is 0 Å². The van der Waals surface area contributed by atoms with E-state index in [9.17, 15) is 0 Å². The van der Waals surface area contributed by atoms with Gasteiger partial charge in [0, 0.05) is 12.6 Å². The maximum absolute atomic E-state index is 5.30. The Morgan fingerprint density at radius 2 is 2.45 bits per heavy atom. The molecule has 2 nitrogen and oxygen atoms in total. The first kappa shape index (κ1) is 6.40. The van der Waals surface area contributed by atoms with Crippen LogP contribution in [-0.2, 0) is 4.74 Å². The second kappa shape index (κ2) is 2.74. The lowest BCUT2D eigenvalue weighted by Gasteiger charge is -2.07. The summed E-state index contributed by atoms with van der Waals surface area (Å²) < 4.78 is 5.30. The molecular weight excluding hydrogens is 138 g/mol. The Morgan fingerprint density at radius 1 is 1.45 bits per heavy atom. The van der Waals surface area contributed by atoms with Crippen LogP contribution >= 0.6 is 0 Å².